The van der Waals surface area contributed by atoms with Gasteiger partial charge in [0, 0.05) is 17.7 Å². The summed E-state index contributed by atoms with van der Waals surface area (Å²) in [5.74, 6) is 1.78. The van der Waals surface area contributed by atoms with E-state index in [1.165, 1.54) is 5.56 Å². The lowest BCUT2D eigenvalue weighted by atomic mass is 9.81. The van der Waals surface area contributed by atoms with E-state index in [1.54, 1.807) is 6.33 Å². The third-order valence-electron chi connectivity index (χ3n) is 4.98. The second kappa shape index (κ2) is 5.58. The van der Waals surface area contributed by atoms with Crippen LogP contribution in [-0.4, -0.2) is 20.5 Å². The lowest BCUT2D eigenvalue weighted by Gasteiger charge is -2.34. The molecule has 5 heteroatoms. The van der Waals surface area contributed by atoms with Gasteiger partial charge in [-0.1, -0.05) is 45.0 Å². The topological polar surface area (TPSA) is 59.8 Å². The zero-order valence-corrected chi connectivity index (χ0v) is 14.3. The van der Waals surface area contributed by atoms with E-state index in [2.05, 4.69) is 60.4 Å². The van der Waals surface area contributed by atoms with Crippen molar-refractivity contribution in [2.75, 3.05) is 5.32 Å². The van der Waals surface area contributed by atoms with Gasteiger partial charge in [0.2, 0.25) is 5.95 Å². The molecule has 0 spiro atoms. The molecule has 0 saturated carbocycles. The molecular weight excluding hydrogens is 300 g/mol. The van der Waals surface area contributed by atoms with Crippen molar-refractivity contribution < 1.29 is 4.79 Å². The first-order valence-corrected chi connectivity index (χ1v) is 8.57. The first-order chi connectivity index (χ1) is 11.5. The van der Waals surface area contributed by atoms with E-state index in [1.807, 2.05) is 4.68 Å². The molecule has 1 aliphatic carbocycles. The highest BCUT2D eigenvalue weighted by Crippen LogP contribution is 2.41. The molecule has 1 N–H and O–H groups in total. The summed E-state index contributed by atoms with van der Waals surface area (Å²) in [6.45, 7) is 6.48. The van der Waals surface area contributed by atoms with Gasteiger partial charge < -0.3 is 5.32 Å². The van der Waals surface area contributed by atoms with Gasteiger partial charge in [-0.15, -0.1) is 0 Å². The Kier molecular flexibility index (Phi) is 3.52. The number of aromatic nitrogens is 3. The van der Waals surface area contributed by atoms with Gasteiger partial charge in [0.15, 0.2) is 5.78 Å². The minimum atomic E-state index is -0.181. The maximum Gasteiger partial charge on any atom is 0.226 e. The largest absolute Gasteiger partial charge is 0.328 e. The molecule has 0 fully saturated rings. The predicted molar refractivity (Wildman–Crippen MR) is 92.7 cm³/mol. The van der Waals surface area contributed by atoms with Crippen LogP contribution in [0.2, 0.25) is 0 Å². The molecule has 0 radical (unpaired) electrons. The van der Waals surface area contributed by atoms with Crippen molar-refractivity contribution in [1.29, 1.82) is 0 Å². The van der Waals surface area contributed by atoms with Crippen LogP contribution in [0.3, 0.4) is 0 Å². The summed E-state index contributed by atoms with van der Waals surface area (Å²) in [5.41, 5.74) is 4.24. The Morgan fingerprint density at radius 3 is 2.67 bits per heavy atom. The van der Waals surface area contributed by atoms with Crippen LogP contribution in [0.1, 0.15) is 56.7 Å². The summed E-state index contributed by atoms with van der Waals surface area (Å²) in [7, 11) is 0. The molecule has 2 unspecified atom stereocenters. The zero-order chi connectivity index (χ0) is 16.8. The minimum absolute atomic E-state index is 0.181. The number of anilines is 1. The van der Waals surface area contributed by atoms with Gasteiger partial charge in [0.25, 0.3) is 0 Å². The predicted octanol–water partition coefficient (Wildman–Crippen LogP) is 3.67. The molecule has 2 aliphatic rings. The summed E-state index contributed by atoms with van der Waals surface area (Å²) >= 11 is 0. The van der Waals surface area contributed by atoms with Crippen LogP contribution in [0.25, 0.3) is 0 Å². The van der Waals surface area contributed by atoms with E-state index < -0.39 is 0 Å². The lowest BCUT2D eigenvalue weighted by Crippen LogP contribution is -2.33. The number of nitrogens with zero attached hydrogens (tertiary/aromatic N) is 3. The first kappa shape index (κ1) is 15.1. The van der Waals surface area contributed by atoms with Gasteiger partial charge in [0.1, 0.15) is 12.4 Å². The van der Waals surface area contributed by atoms with Crippen LogP contribution in [0.15, 0.2) is 41.9 Å². The van der Waals surface area contributed by atoms with Gasteiger partial charge in [-0.2, -0.15) is 10.1 Å². The standard InChI is InChI=1S/C19H22N4O/c1-11(2)13-4-6-14(7-5-13)18-17-15(8-12(3)9-16(17)24)22-19-20-10-21-23(18)19/h4-7,10-12,18H,8-9H2,1-3H3,(H,20,21,22). The van der Waals surface area contributed by atoms with Crippen molar-refractivity contribution in [3.05, 3.63) is 53.0 Å². The quantitative estimate of drug-likeness (QED) is 0.916. The molecule has 0 amide bonds. The van der Waals surface area contributed by atoms with Crippen molar-refractivity contribution in [3.8, 4) is 0 Å². The molecule has 2 heterocycles. The fourth-order valence-corrected chi connectivity index (χ4v) is 3.72. The Hall–Kier alpha value is -2.43. The summed E-state index contributed by atoms with van der Waals surface area (Å²) in [5, 5.41) is 7.69. The number of benzene rings is 1. The van der Waals surface area contributed by atoms with Crippen LogP contribution in [0, 0.1) is 5.92 Å². The Morgan fingerprint density at radius 1 is 1.21 bits per heavy atom. The fraction of sp³-hybridized carbons (Fsp3) is 0.421. The lowest BCUT2D eigenvalue weighted by molar-refractivity contribution is -0.117. The Bertz CT molecular complexity index is 816. The molecule has 2 atom stereocenters. The number of nitrogens with one attached hydrogen (secondary N) is 1. The van der Waals surface area contributed by atoms with E-state index in [0.29, 0.717) is 24.2 Å². The van der Waals surface area contributed by atoms with Gasteiger partial charge in [0.05, 0.1) is 0 Å². The number of carbonyl (C=O) groups is 1. The van der Waals surface area contributed by atoms with Crippen molar-refractivity contribution in [2.45, 2.75) is 45.6 Å². The molecule has 1 aromatic heterocycles. The highest BCUT2D eigenvalue weighted by molar-refractivity contribution is 5.99. The van der Waals surface area contributed by atoms with Gasteiger partial charge in [-0.25, -0.2) is 4.68 Å². The van der Waals surface area contributed by atoms with E-state index in [0.717, 1.165) is 23.3 Å². The van der Waals surface area contributed by atoms with Crippen LogP contribution in [0.5, 0.6) is 0 Å². The molecule has 24 heavy (non-hydrogen) atoms. The summed E-state index contributed by atoms with van der Waals surface area (Å²) < 4.78 is 1.83. The second-order valence-electron chi connectivity index (χ2n) is 7.21. The maximum absolute atomic E-state index is 12.8. The number of ketones is 1. The van der Waals surface area contributed by atoms with Crippen molar-refractivity contribution in [3.63, 3.8) is 0 Å². The van der Waals surface area contributed by atoms with Crippen LogP contribution >= 0.6 is 0 Å². The minimum Gasteiger partial charge on any atom is -0.328 e. The number of carbonyl (C=O) groups excluding carboxylic acids is 1. The molecule has 1 aromatic carbocycles. The average Bonchev–Trinajstić information content (AvgIpc) is 3.00. The number of hydrogen-bond acceptors (Lipinski definition) is 4. The fourth-order valence-electron chi connectivity index (χ4n) is 3.72. The number of hydrogen-bond donors (Lipinski definition) is 1. The maximum atomic E-state index is 12.8. The molecule has 0 bridgehead atoms. The molecule has 4 rings (SSSR count). The summed E-state index contributed by atoms with van der Waals surface area (Å²) in [6, 6.07) is 8.35. The van der Waals surface area contributed by atoms with Gasteiger partial charge in [-0.3, -0.25) is 4.79 Å². The summed E-state index contributed by atoms with van der Waals surface area (Å²) in [6.07, 6.45) is 3.03. The highest BCUT2D eigenvalue weighted by atomic mass is 16.1. The van der Waals surface area contributed by atoms with Crippen LogP contribution in [0.4, 0.5) is 5.95 Å². The molecule has 1 aliphatic heterocycles. The molecule has 2 aromatic rings. The summed E-state index contributed by atoms with van der Waals surface area (Å²) in [4.78, 5) is 17.1. The molecule has 0 saturated heterocycles. The Morgan fingerprint density at radius 2 is 1.96 bits per heavy atom. The number of allylic oxidation sites excluding steroid dienone is 2. The number of rotatable bonds is 2. The zero-order valence-electron chi connectivity index (χ0n) is 14.3. The van der Waals surface area contributed by atoms with Crippen molar-refractivity contribution in [2.24, 2.45) is 5.92 Å². The normalized spacial score (nSPS) is 23.1. The Balaban J connectivity index is 1.83. The monoisotopic (exact) mass is 322 g/mol. The average molecular weight is 322 g/mol. The van der Waals surface area contributed by atoms with Gasteiger partial charge in [-0.05, 0) is 29.4 Å². The Labute approximate surface area is 141 Å². The van der Waals surface area contributed by atoms with E-state index in [9.17, 15) is 4.79 Å². The van der Waals surface area contributed by atoms with Crippen LogP contribution in [-0.2, 0) is 4.79 Å². The van der Waals surface area contributed by atoms with E-state index in [4.69, 9.17) is 0 Å². The first-order valence-electron chi connectivity index (χ1n) is 8.57. The third-order valence-corrected chi connectivity index (χ3v) is 4.98. The highest BCUT2D eigenvalue weighted by Gasteiger charge is 2.37. The smallest absolute Gasteiger partial charge is 0.226 e. The third kappa shape index (κ3) is 2.35. The molecule has 5 nitrogen and oxygen atoms in total. The van der Waals surface area contributed by atoms with Crippen molar-refractivity contribution >= 4 is 11.7 Å². The van der Waals surface area contributed by atoms with Gasteiger partial charge >= 0.3 is 0 Å². The van der Waals surface area contributed by atoms with E-state index in [-0.39, 0.29) is 11.8 Å². The second-order valence-corrected chi connectivity index (χ2v) is 7.21. The number of Topliss-reactive ketones (excluding diaryl/α,β-unsaturated/α-hetero) is 1. The molecular formula is C19H22N4O. The van der Waals surface area contributed by atoms with E-state index >= 15 is 0 Å². The number of fused-ring (bicyclic) bond motifs is 1. The molecule has 124 valence electrons. The van der Waals surface area contributed by atoms with Crippen LogP contribution < -0.4 is 5.32 Å². The SMILES string of the molecule is CC1CC(=O)C2=C(C1)Nc1ncnn1C2c1ccc(C(C)C)cc1. The van der Waals surface area contributed by atoms with Crippen molar-refractivity contribution in [1.82, 2.24) is 14.8 Å².